The van der Waals surface area contributed by atoms with Crippen LogP contribution in [-0.2, 0) is 14.3 Å². The molecule has 1 amide bonds. The highest BCUT2D eigenvalue weighted by Gasteiger charge is 2.64. The van der Waals surface area contributed by atoms with Crippen molar-refractivity contribution in [1.82, 2.24) is 4.90 Å². The highest BCUT2D eigenvalue weighted by Crippen LogP contribution is 2.46. The summed E-state index contributed by atoms with van der Waals surface area (Å²) in [5.74, 6) is -1.10. The van der Waals surface area contributed by atoms with E-state index in [1.54, 1.807) is 0 Å². The van der Waals surface area contributed by atoms with Crippen molar-refractivity contribution in [2.24, 2.45) is 0 Å². The van der Waals surface area contributed by atoms with Gasteiger partial charge in [0.1, 0.15) is 5.76 Å². The number of fused-ring (bicyclic) bond motifs is 1. The third-order valence-corrected chi connectivity index (χ3v) is 4.35. The topological polar surface area (TPSA) is 87.1 Å². The van der Waals surface area contributed by atoms with Crippen molar-refractivity contribution in [3.05, 3.63) is 11.8 Å². The van der Waals surface area contributed by atoms with Gasteiger partial charge in [0.05, 0.1) is 13.0 Å². The van der Waals surface area contributed by atoms with E-state index in [0.29, 0.717) is 12.8 Å². The van der Waals surface area contributed by atoms with Crippen molar-refractivity contribution in [2.75, 3.05) is 11.9 Å². The van der Waals surface area contributed by atoms with Gasteiger partial charge in [-0.05, 0) is 25.3 Å². The zero-order valence-corrected chi connectivity index (χ0v) is 12.6. The number of carboxylic acid groups (broad SMARTS) is 1. The van der Waals surface area contributed by atoms with Crippen LogP contribution in [-0.4, -0.2) is 50.7 Å². The fourth-order valence-corrected chi connectivity index (χ4v) is 3.21. The molecule has 2 N–H and O–H groups in total. The number of carbonyl (C=O) groups excluding carboxylic acids is 1. The number of amides is 1. The average molecular weight is 348 g/mol. The summed E-state index contributed by atoms with van der Waals surface area (Å²) in [6, 6.07) is 0. The lowest BCUT2D eigenvalue weighted by Crippen LogP contribution is -2.62. The number of aliphatic hydroxyl groups excluding tert-OH is 1. The Hall–Kier alpha value is -1.08. The molecule has 0 unspecified atom stereocenters. The van der Waals surface area contributed by atoms with Crippen LogP contribution in [0.15, 0.2) is 11.8 Å². The number of β-lactam (4-membered cyclic amide) rings is 1. The molecule has 2 rings (SSSR count). The Bertz CT molecular complexity index is 438. The summed E-state index contributed by atoms with van der Waals surface area (Å²) in [6.07, 6.45) is 3.88. The molecule has 2 aliphatic rings. The lowest BCUT2D eigenvalue weighted by atomic mass is 9.86. The van der Waals surface area contributed by atoms with Crippen LogP contribution >= 0.6 is 15.9 Å². The number of ether oxygens (including phenoxy) is 1. The van der Waals surface area contributed by atoms with Crippen molar-refractivity contribution < 1.29 is 24.5 Å². The maximum absolute atomic E-state index is 11.8. The van der Waals surface area contributed by atoms with Crippen LogP contribution in [0.25, 0.3) is 0 Å². The number of nitrogens with zero attached hydrogens (tertiary/aromatic N) is 1. The number of alkyl halides is 1. The van der Waals surface area contributed by atoms with Gasteiger partial charge < -0.3 is 14.9 Å². The van der Waals surface area contributed by atoms with E-state index >= 15 is 0 Å². The molecular weight excluding hydrogens is 330 g/mol. The molecule has 2 heterocycles. The molecule has 0 bridgehead atoms. The van der Waals surface area contributed by atoms with E-state index in [-0.39, 0.29) is 24.7 Å². The van der Waals surface area contributed by atoms with E-state index in [0.717, 1.165) is 18.2 Å². The molecule has 112 valence electrons. The van der Waals surface area contributed by atoms with Gasteiger partial charge >= 0.3 is 5.97 Å². The van der Waals surface area contributed by atoms with Crippen molar-refractivity contribution in [2.45, 2.75) is 43.9 Å². The standard InChI is InChI=1S/C13H18BrNO5/c14-6-3-1-2-5-13(12(18)19)9(4-7-16)20-11-8-10(17)15(11)13/h4,11,16H,1-3,5-8H2,(H,18,19)/b9-4-/t11-,13-/m1/s1. The maximum atomic E-state index is 11.8. The molecular formula is C13H18BrNO5. The average Bonchev–Trinajstić information content (AvgIpc) is 2.65. The van der Waals surface area contributed by atoms with E-state index in [4.69, 9.17) is 9.84 Å². The first-order chi connectivity index (χ1) is 9.57. The third-order valence-electron chi connectivity index (χ3n) is 3.79. The second-order valence-corrected chi connectivity index (χ2v) is 5.75. The Labute approximate surface area is 125 Å². The van der Waals surface area contributed by atoms with Crippen LogP contribution in [0.4, 0.5) is 0 Å². The van der Waals surface area contributed by atoms with Crippen LogP contribution in [0, 0.1) is 0 Å². The lowest BCUT2D eigenvalue weighted by molar-refractivity contribution is -0.171. The Morgan fingerprint density at radius 3 is 2.80 bits per heavy atom. The molecule has 0 radical (unpaired) electrons. The summed E-state index contributed by atoms with van der Waals surface area (Å²) in [6.45, 7) is -0.305. The molecule has 20 heavy (non-hydrogen) atoms. The summed E-state index contributed by atoms with van der Waals surface area (Å²) in [7, 11) is 0. The number of aliphatic carboxylic acids is 1. The predicted octanol–water partition coefficient (Wildman–Crippen LogP) is 1.23. The van der Waals surface area contributed by atoms with E-state index in [2.05, 4.69) is 15.9 Å². The molecule has 2 atom stereocenters. The van der Waals surface area contributed by atoms with E-state index < -0.39 is 17.7 Å². The lowest BCUT2D eigenvalue weighted by Gasteiger charge is -2.40. The van der Waals surface area contributed by atoms with Crippen LogP contribution in [0.5, 0.6) is 0 Å². The van der Waals surface area contributed by atoms with Gasteiger partial charge in [-0.2, -0.15) is 0 Å². The number of halogens is 1. The molecule has 2 saturated heterocycles. The second-order valence-electron chi connectivity index (χ2n) is 4.96. The minimum Gasteiger partial charge on any atom is -0.479 e. The molecule has 2 fully saturated rings. The van der Waals surface area contributed by atoms with Gasteiger partial charge in [0.15, 0.2) is 6.23 Å². The van der Waals surface area contributed by atoms with E-state index in [1.165, 1.54) is 11.0 Å². The first-order valence-corrected chi connectivity index (χ1v) is 7.79. The molecule has 0 saturated carbocycles. The summed E-state index contributed by atoms with van der Waals surface area (Å²) < 4.78 is 5.52. The predicted molar refractivity (Wildman–Crippen MR) is 74.1 cm³/mol. The fourth-order valence-electron chi connectivity index (χ4n) is 2.81. The van der Waals surface area contributed by atoms with Gasteiger partial charge in [-0.25, -0.2) is 4.79 Å². The first-order valence-electron chi connectivity index (χ1n) is 6.67. The van der Waals surface area contributed by atoms with Crippen LogP contribution in [0.2, 0.25) is 0 Å². The first kappa shape index (κ1) is 15.3. The van der Waals surface area contributed by atoms with Crippen LogP contribution < -0.4 is 0 Å². The quantitative estimate of drug-likeness (QED) is 0.411. The largest absolute Gasteiger partial charge is 0.479 e. The Morgan fingerprint density at radius 2 is 2.25 bits per heavy atom. The van der Waals surface area contributed by atoms with E-state index in [1.807, 2.05) is 0 Å². The number of rotatable bonds is 7. The smallest absolute Gasteiger partial charge is 0.337 e. The number of carboxylic acids is 1. The van der Waals surface area contributed by atoms with Crippen molar-refractivity contribution in [3.63, 3.8) is 0 Å². The highest BCUT2D eigenvalue weighted by molar-refractivity contribution is 9.09. The summed E-state index contributed by atoms with van der Waals surface area (Å²) in [4.78, 5) is 24.9. The minimum absolute atomic E-state index is 0.196. The Kier molecular flexibility index (Phi) is 4.70. The number of hydrogen-bond donors (Lipinski definition) is 2. The summed E-state index contributed by atoms with van der Waals surface area (Å²) >= 11 is 3.33. The molecule has 7 heteroatoms. The van der Waals surface area contributed by atoms with Crippen molar-refractivity contribution in [3.8, 4) is 0 Å². The fraction of sp³-hybridized carbons (Fsp3) is 0.692. The zero-order chi connectivity index (χ0) is 14.8. The summed E-state index contributed by atoms with van der Waals surface area (Å²) in [5, 5.41) is 19.6. The molecule has 0 aromatic carbocycles. The molecule has 0 aromatic heterocycles. The van der Waals surface area contributed by atoms with Gasteiger partial charge in [0.2, 0.25) is 11.4 Å². The van der Waals surface area contributed by atoms with Crippen molar-refractivity contribution in [1.29, 1.82) is 0 Å². The minimum atomic E-state index is -1.44. The highest BCUT2D eigenvalue weighted by atomic mass is 79.9. The molecule has 0 aliphatic carbocycles. The molecule has 0 spiro atoms. The van der Waals surface area contributed by atoms with Gasteiger partial charge in [0, 0.05) is 5.33 Å². The monoisotopic (exact) mass is 347 g/mol. The maximum Gasteiger partial charge on any atom is 0.337 e. The van der Waals surface area contributed by atoms with Crippen LogP contribution in [0.3, 0.4) is 0 Å². The Balaban J connectivity index is 2.23. The second kappa shape index (κ2) is 6.13. The zero-order valence-electron chi connectivity index (χ0n) is 11.0. The number of aliphatic hydroxyl groups is 1. The third kappa shape index (κ3) is 2.33. The molecule has 6 nitrogen and oxygen atoms in total. The van der Waals surface area contributed by atoms with Gasteiger partial charge in [-0.15, -0.1) is 0 Å². The number of carbonyl (C=O) groups is 2. The molecule has 0 aromatic rings. The molecule has 2 aliphatic heterocycles. The number of unbranched alkanes of at least 4 members (excludes halogenated alkanes) is 2. The number of hydrogen-bond acceptors (Lipinski definition) is 4. The Morgan fingerprint density at radius 1 is 1.50 bits per heavy atom. The van der Waals surface area contributed by atoms with E-state index in [9.17, 15) is 14.7 Å². The summed E-state index contributed by atoms with van der Waals surface area (Å²) in [5.41, 5.74) is -1.44. The SMILES string of the molecule is O=C1C[C@H]2O/C(=C\CO)[C@](CCCCCBr)(C(=O)O)N12. The van der Waals surface area contributed by atoms with Crippen LogP contribution in [0.1, 0.15) is 32.1 Å². The normalized spacial score (nSPS) is 30.1. The van der Waals surface area contributed by atoms with Gasteiger partial charge in [0.25, 0.3) is 0 Å². The van der Waals surface area contributed by atoms with Gasteiger partial charge in [-0.1, -0.05) is 22.4 Å². The van der Waals surface area contributed by atoms with Crippen molar-refractivity contribution >= 4 is 27.8 Å². The van der Waals surface area contributed by atoms with Gasteiger partial charge in [-0.3, -0.25) is 9.69 Å².